The highest BCUT2D eigenvalue weighted by Gasteiger charge is 2.05. The van der Waals surface area contributed by atoms with E-state index in [1.54, 1.807) is 0 Å². The molecule has 1 aromatic carbocycles. The van der Waals surface area contributed by atoms with Crippen molar-refractivity contribution in [3.05, 3.63) is 28.4 Å². The third kappa shape index (κ3) is 1.36. The number of aromatic nitrogens is 2. The predicted octanol–water partition coefficient (Wildman–Crippen LogP) is 1.79. The monoisotopic (exact) mass is 239 g/mol. The normalized spacial score (nSPS) is 11.0. The molecule has 0 atom stereocenters. The highest BCUT2D eigenvalue weighted by molar-refractivity contribution is 9.10. The Morgan fingerprint density at radius 3 is 3.00 bits per heavy atom. The fourth-order valence-corrected chi connectivity index (χ4v) is 1.96. The molecule has 0 aliphatic rings. The molecule has 1 aromatic heterocycles. The van der Waals surface area contributed by atoms with Gasteiger partial charge in [0.25, 0.3) is 0 Å². The fourth-order valence-electron chi connectivity index (χ4n) is 1.39. The zero-order valence-electron chi connectivity index (χ0n) is 7.29. The third-order valence-electron chi connectivity index (χ3n) is 2.11. The van der Waals surface area contributed by atoms with Crippen molar-refractivity contribution in [1.82, 2.24) is 9.78 Å². The average Bonchev–Trinajstić information content (AvgIpc) is 2.42. The molecule has 4 heteroatoms. The summed E-state index contributed by atoms with van der Waals surface area (Å²) in [6.45, 7) is 0.568. The van der Waals surface area contributed by atoms with E-state index in [9.17, 15) is 0 Å². The molecule has 1 heterocycles. The molecule has 0 aliphatic carbocycles. The Balaban J connectivity index is 2.76. The molecule has 0 spiro atoms. The van der Waals surface area contributed by atoms with E-state index in [0.717, 1.165) is 21.1 Å². The summed E-state index contributed by atoms with van der Waals surface area (Å²) in [4.78, 5) is 0. The predicted molar refractivity (Wildman–Crippen MR) is 56.3 cm³/mol. The van der Waals surface area contributed by atoms with Gasteiger partial charge in [-0.15, -0.1) is 0 Å². The molecule has 2 aromatic rings. The van der Waals surface area contributed by atoms with Gasteiger partial charge in [-0.2, -0.15) is 5.10 Å². The molecule has 0 radical (unpaired) electrons. The number of hydrogen-bond acceptors (Lipinski definition) is 2. The first-order valence-electron chi connectivity index (χ1n) is 4.03. The lowest BCUT2D eigenvalue weighted by atomic mass is 10.2. The quantitative estimate of drug-likeness (QED) is 0.825. The number of hydrogen-bond donors (Lipinski definition) is 1. The lowest BCUT2D eigenvalue weighted by molar-refractivity contribution is 0.788. The molecule has 13 heavy (non-hydrogen) atoms. The van der Waals surface area contributed by atoms with Crippen molar-refractivity contribution in [2.24, 2.45) is 12.8 Å². The number of benzene rings is 1. The van der Waals surface area contributed by atoms with E-state index in [0.29, 0.717) is 6.54 Å². The number of rotatable bonds is 1. The number of aryl methyl sites for hydroxylation is 1. The van der Waals surface area contributed by atoms with Gasteiger partial charge in [-0.25, -0.2) is 0 Å². The van der Waals surface area contributed by atoms with Crippen molar-refractivity contribution in [3.8, 4) is 0 Å². The van der Waals surface area contributed by atoms with Gasteiger partial charge in [0, 0.05) is 19.0 Å². The minimum absolute atomic E-state index is 0.568. The molecule has 0 fully saturated rings. The van der Waals surface area contributed by atoms with Gasteiger partial charge in [-0.05, 0) is 33.6 Å². The van der Waals surface area contributed by atoms with Crippen LogP contribution >= 0.6 is 15.9 Å². The van der Waals surface area contributed by atoms with Gasteiger partial charge >= 0.3 is 0 Å². The summed E-state index contributed by atoms with van der Waals surface area (Å²) >= 11 is 3.40. The van der Waals surface area contributed by atoms with Crippen molar-refractivity contribution >= 4 is 26.8 Å². The van der Waals surface area contributed by atoms with Crippen LogP contribution in [0.4, 0.5) is 0 Å². The van der Waals surface area contributed by atoms with Gasteiger partial charge in [0.05, 0.1) is 5.52 Å². The second-order valence-electron chi connectivity index (χ2n) is 2.97. The van der Waals surface area contributed by atoms with E-state index >= 15 is 0 Å². The summed E-state index contributed by atoms with van der Waals surface area (Å²) in [6, 6.07) is 6.12. The van der Waals surface area contributed by atoms with Crippen LogP contribution < -0.4 is 5.73 Å². The summed E-state index contributed by atoms with van der Waals surface area (Å²) in [6.07, 6.45) is 0. The van der Waals surface area contributed by atoms with Crippen LogP contribution in [0.25, 0.3) is 10.9 Å². The van der Waals surface area contributed by atoms with Crippen molar-refractivity contribution in [2.45, 2.75) is 6.54 Å². The smallest absolute Gasteiger partial charge is 0.135 e. The van der Waals surface area contributed by atoms with Crippen LogP contribution in [0.5, 0.6) is 0 Å². The van der Waals surface area contributed by atoms with Crippen molar-refractivity contribution < 1.29 is 0 Å². The summed E-state index contributed by atoms with van der Waals surface area (Å²) in [5.41, 5.74) is 7.79. The minimum Gasteiger partial charge on any atom is -0.326 e. The van der Waals surface area contributed by atoms with Gasteiger partial charge in [-0.3, -0.25) is 4.68 Å². The Labute approximate surface area is 84.7 Å². The molecule has 0 aliphatic heterocycles. The Morgan fingerprint density at radius 2 is 2.31 bits per heavy atom. The average molecular weight is 240 g/mol. The molecule has 0 amide bonds. The zero-order chi connectivity index (χ0) is 9.42. The first-order valence-corrected chi connectivity index (χ1v) is 4.83. The third-order valence-corrected chi connectivity index (χ3v) is 2.69. The lowest BCUT2D eigenvalue weighted by Crippen LogP contribution is -1.96. The number of nitrogens with zero attached hydrogens (tertiary/aromatic N) is 2. The molecule has 0 bridgehead atoms. The number of fused-ring (bicyclic) bond motifs is 1. The second-order valence-corrected chi connectivity index (χ2v) is 3.72. The number of nitrogens with two attached hydrogens (primary N) is 1. The Hall–Kier alpha value is -0.870. The van der Waals surface area contributed by atoms with E-state index in [2.05, 4.69) is 27.1 Å². The molecule has 0 saturated carbocycles. The van der Waals surface area contributed by atoms with Crippen molar-refractivity contribution in [3.63, 3.8) is 0 Å². The zero-order valence-corrected chi connectivity index (χ0v) is 8.87. The highest BCUT2D eigenvalue weighted by atomic mass is 79.9. The van der Waals surface area contributed by atoms with Crippen LogP contribution in [0.1, 0.15) is 5.56 Å². The molecular weight excluding hydrogens is 230 g/mol. The lowest BCUT2D eigenvalue weighted by Gasteiger charge is -1.97. The Kier molecular flexibility index (Phi) is 2.09. The molecule has 0 saturated heterocycles. The van der Waals surface area contributed by atoms with Gasteiger partial charge in [0.2, 0.25) is 0 Å². The summed E-state index contributed by atoms with van der Waals surface area (Å²) in [5, 5.41) is 5.38. The van der Waals surface area contributed by atoms with Crippen LogP contribution in [-0.4, -0.2) is 9.78 Å². The van der Waals surface area contributed by atoms with E-state index in [-0.39, 0.29) is 0 Å². The topological polar surface area (TPSA) is 43.8 Å². The van der Waals surface area contributed by atoms with Gasteiger partial charge in [0.15, 0.2) is 0 Å². The van der Waals surface area contributed by atoms with Crippen LogP contribution in [-0.2, 0) is 13.6 Å². The van der Waals surface area contributed by atoms with E-state index in [1.165, 1.54) is 0 Å². The SMILES string of the molecule is Cn1nc(Br)c2ccc(CN)cc21. The minimum atomic E-state index is 0.568. The van der Waals surface area contributed by atoms with Gasteiger partial charge in [-0.1, -0.05) is 6.07 Å². The largest absolute Gasteiger partial charge is 0.326 e. The first-order chi connectivity index (χ1) is 6.22. The molecular formula is C9H10BrN3. The van der Waals surface area contributed by atoms with E-state index < -0.39 is 0 Å². The maximum Gasteiger partial charge on any atom is 0.135 e. The fraction of sp³-hybridized carbons (Fsp3) is 0.222. The molecule has 2 N–H and O–H groups in total. The Morgan fingerprint density at radius 1 is 1.54 bits per heavy atom. The molecule has 68 valence electrons. The van der Waals surface area contributed by atoms with Crippen LogP contribution in [0.2, 0.25) is 0 Å². The van der Waals surface area contributed by atoms with Crippen molar-refractivity contribution in [1.29, 1.82) is 0 Å². The van der Waals surface area contributed by atoms with Gasteiger partial charge in [0.1, 0.15) is 4.60 Å². The standard InChI is InChI=1S/C9H10BrN3/c1-13-8-4-6(5-11)2-3-7(8)9(10)12-13/h2-4H,5,11H2,1H3. The summed E-state index contributed by atoms with van der Waals surface area (Å²) in [7, 11) is 1.92. The molecule has 3 nitrogen and oxygen atoms in total. The van der Waals surface area contributed by atoms with Crippen LogP contribution in [0, 0.1) is 0 Å². The molecule has 2 rings (SSSR count). The van der Waals surface area contributed by atoms with E-state index in [4.69, 9.17) is 5.73 Å². The second kappa shape index (κ2) is 3.12. The Bertz CT molecular complexity index is 447. The number of halogens is 1. The highest BCUT2D eigenvalue weighted by Crippen LogP contribution is 2.23. The maximum atomic E-state index is 5.56. The summed E-state index contributed by atoms with van der Waals surface area (Å²) < 4.78 is 2.73. The maximum absolute atomic E-state index is 5.56. The van der Waals surface area contributed by atoms with Crippen molar-refractivity contribution in [2.75, 3.05) is 0 Å². The first kappa shape index (κ1) is 8.72. The van der Waals surface area contributed by atoms with Crippen LogP contribution in [0.3, 0.4) is 0 Å². The van der Waals surface area contributed by atoms with E-state index in [1.807, 2.05) is 23.9 Å². The van der Waals surface area contributed by atoms with Crippen LogP contribution in [0.15, 0.2) is 22.8 Å². The molecule has 0 unspecified atom stereocenters. The van der Waals surface area contributed by atoms with Gasteiger partial charge < -0.3 is 5.73 Å². The summed E-state index contributed by atoms with van der Waals surface area (Å²) in [5.74, 6) is 0.